The second-order valence-electron chi connectivity index (χ2n) is 8.26. The molecule has 2 aliphatic rings. The minimum Gasteiger partial charge on any atom is -0.368 e. The maximum atomic E-state index is 12.6. The summed E-state index contributed by atoms with van der Waals surface area (Å²) in [6.07, 6.45) is 6.27. The Kier molecular flexibility index (Phi) is 9.98. The lowest BCUT2D eigenvalue weighted by atomic mass is 10.2. The molecule has 2 fully saturated rings. The van der Waals surface area contributed by atoms with Gasteiger partial charge in [-0.25, -0.2) is 4.98 Å². The lowest BCUT2D eigenvalue weighted by molar-refractivity contribution is -0.142. The Bertz CT molecular complexity index is 889. The van der Waals surface area contributed by atoms with Gasteiger partial charge in [-0.15, -0.1) is 24.0 Å². The number of benzene rings is 1. The fourth-order valence-corrected chi connectivity index (χ4v) is 4.29. The van der Waals surface area contributed by atoms with Crippen LogP contribution < -0.4 is 5.32 Å². The highest BCUT2D eigenvalue weighted by molar-refractivity contribution is 14.0. The minimum atomic E-state index is -0.233. The number of nitrogens with one attached hydrogen (secondary N) is 1. The third kappa shape index (κ3) is 6.92. The van der Waals surface area contributed by atoms with Crippen LogP contribution in [0.25, 0.3) is 0 Å². The summed E-state index contributed by atoms with van der Waals surface area (Å²) < 4.78 is 7.76. The molecule has 9 heteroatoms. The van der Waals surface area contributed by atoms with E-state index in [9.17, 15) is 4.79 Å². The number of piperazine rings is 1. The van der Waals surface area contributed by atoms with Crippen LogP contribution in [0.3, 0.4) is 0 Å². The third-order valence-corrected chi connectivity index (χ3v) is 6.03. The number of aromatic nitrogens is 2. The van der Waals surface area contributed by atoms with Gasteiger partial charge >= 0.3 is 0 Å². The number of carbonyl (C=O) groups is 1. The maximum Gasteiger partial charge on any atom is 0.251 e. The number of guanidine groups is 1. The average molecular weight is 566 g/mol. The highest BCUT2D eigenvalue weighted by Crippen LogP contribution is 2.16. The van der Waals surface area contributed by atoms with Crippen molar-refractivity contribution in [3.8, 4) is 0 Å². The van der Waals surface area contributed by atoms with Crippen molar-refractivity contribution in [1.29, 1.82) is 0 Å². The maximum absolute atomic E-state index is 12.6. The first-order chi connectivity index (χ1) is 15.7. The van der Waals surface area contributed by atoms with Crippen molar-refractivity contribution in [2.75, 3.05) is 45.9 Å². The van der Waals surface area contributed by atoms with E-state index in [1.807, 2.05) is 23.4 Å². The zero-order valence-electron chi connectivity index (χ0n) is 19.4. The molecule has 0 aliphatic carbocycles. The van der Waals surface area contributed by atoms with E-state index in [0.717, 1.165) is 57.2 Å². The summed E-state index contributed by atoms with van der Waals surface area (Å²) in [6.45, 7) is 8.09. The largest absolute Gasteiger partial charge is 0.368 e. The molecule has 0 radical (unpaired) electrons. The van der Waals surface area contributed by atoms with Crippen LogP contribution in [-0.4, -0.2) is 83.2 Å². The molecule has 180 valence electrons. The second-order valence-corrected chi connectivity index (χ2v) is 8.26. The fourth-order valence-electron chi connectivity index (χ4n) is 4.29. The lowest BCUT2D eigenvalue weighted by Crippen LogP contribution is -2.55. The number of hydrogen-bond donors (Lipinski definition) is 1. The van der Waals surface area contributed by atoms with Gasteiger partial charge in [-0.1, -0.05) is 30.3 Å². The summed E-state index contributed by atoms with van der Waals surface area (Å²) in [5, 5.41) is 3.41. The Labute approximate surface area is 213 Å². The number of halogens is 1. The molecule has 1 amide bonds. The predicted molar refractivity (Wildman–Crippen MR) is 140 cm³/mol. The van der Waals surface area contributed by atoms with Crippen LogP contribution in [0.2, 0.25) is 0 Å². The van der Waals surface area contributed by atoms with Crippen molar-refractivity contribution < 1.29 is 9.53 Å². The van der Waals surface area contributed by atoms with Crippen molar-refractivity contribution in [1.82, 2.24) is 24.7 Å². The first kappa shape index (κ1) is 25.5. The zero-order chi connectivity index (χ0) is 22.2. The normalized spacial score (nSPS) is 18.8. The van der Waals surface area contributed by atoms with Gasteiger partial charge in [-0.2, -0.15) is 0 Å². The standard InChI is InChI=1S/C24H34N6O2.HI/c1-2-25-24(29-16-14-28(15-17-29)23(31)21-9-6-18-32-21)27-11-10-22-26-12-13-30(22)19-20-7-4-3-5-8-20;/h3-5,7-8,12-13,21H,2,6,9-11,14-19H2,1H3,(H,25,27);1H. The highest BCUT2D eigenvalue weighted by Gasteiger charge is 2.30. The van der Waals surface area contributed by atoms with Gasteiger partial charge in [0, 0.05) is 71.2 Å². The van der Waals surface area contributed by atoms with Crippen LogP contribution in [0.1, 0.15) is 31.2 Å². The van der Waals surface area contributed by atoms with Crippen molar-refractivity contribution in [2.45, 2.75) is 38.8 Å². The molecular weight excluding hydrogens is 531 g/mol. The molecule has 1 aromatic carbocycles. The van der Waals surface area contributed by atoms with Crippen LogP contribution in [0.15, 0.2) is 47.7 Å². The molecule has 0 spiro atoms. The van der Waals surface area contributed by atoms with Crippen LogP contribution in [-0.2, 0) is 22.5 Å². The molecule has 3 heterocycles. The third-order valence-electron chi connectivity index (χ3n) is 6.03. The number of imidazole rings is 1. The number of aliphatic imine (C=N–C) groups is 1. The van der Waals surface area contributed by atoms with E-state index < -0.39 is 0 Å². The van der Waals surface area contributed by atoms with Crippen molar-refractivity contribution >= 4 is 35.8 Å². The van der Waals surface area contributed by atoms with Crippen LogP contribution in [0.5, 0.6) is 0 Å². The molecule has 0 saturated carbocycles. The monoisotopic (exact) mass is 566 g/mol. The summed E-state index contributed by atoms with van der Waals surface area (Å²) in [4.78, 5) is 26.2. The van der Waals surface area contributed by atoms with E-state index in [4.69, 9.17) is 9.73 Å². The van der Waals surface area contributed by atoms with E-state index >= 15 is 0 Å². The molecule has 1 N–H and O–H groups in total. The van der Waals surface area contributed by atoms with Gasteiger partial charge < -0.3 is 24.4 Å². The molecule has 0 bridgehead atoms. The Morgan fingerprint density at radius 3 is 2.64 bits per heavy atom. The Morgan fingerprint density at radius 1 is 1.18 bits per heavy atom. The lowest BCUT2D eigenvalue weighted by Gasteiger charge is -2.37. The molecule has 4 rings (SSSR count). The molecule has 1 unspecified atom stereocenters. The van der Waals surface area contributed by atoms with E-state index in [-0.39, 0.29) is 36.0 Å². The first-order valence-corrected chi connectivity index (χ1v) is 11.7. The predicted octanol–water partition coefficient (Wildman–Crippen LogP) is 2.38. The molecule has 2 saturated heterocycles. The zero-order valence-corrected chi connectivity index (χ0v) is 21.7. The topological polar surface area (TPSA) is 75.0 Å². The van der Waals surface area contributed by atoms with E-state index in [0.29, 0.717) is 26.2 Å². The second kappa shape index (κ2) is 12.9. The summed E-state index contributed by atoms with van der Waals surface area (Å²) in [7, 11) is 0. The van der Waals surface area contributed by atoms with Crippen molar-refractivity contribution in [3.05, 3.63) is 54.1 Å². The molecule has 2 aromatic rings. The van der Waals surface area contributed by atoms with Crippen molar-refractivity contribution in [3.63, 3.8) is 0 Å². The SMILES string of the molecule is CCNC(=NCCc1nccn1Cc1ccccc1)N1CCN(C(=O)C2CCCO2)CC1.I. The molecule has 1 atom stereocenters. The van der Waals surface area contributed by atoms with Gasteiger partial charge in [0.25, 0.3) is 5.91 Å². The van der Waals surface area contributed by atoms with Gasteiger partial charge in [-0.05, 0) is 25.3 Å². The quantitative estimate of drug-likeness (QED) is 0.317. The molecular formula is C24H35IN6O2. The smallest absolute Gasteiger partial charge is 0.251 e. The summed E-state index contributed by atoms with van der Waals surface area (Å²) in [5.41, 5.74) is 1.26. The van der Waals surface area contributed by atoms with Gasteiger partial charge in [0.2, 0.25) is 0 Å². The molecule has 2 aliphatic heterocycles. The molecule has 33 heavy (non-hydrogen) atoms. The van der Waals surface area contributed by atoms with Crippen molar-refractivity contribution in [2.24, 2.45) is 4.99 Å². The highest BCUT2D eigenvalue weighted by atomic mass is 127. The van der Waals surface area contributed by atoms with Crippen LogP contribution in [0, 0.1) is 0 Å². The Balaban J connectivity index is 0.00000306. The molecule has 1 aromatic heterocycles. The Hall–Kier alpha value is -2.14. The number of amides is 1. The number of hydrogen-bond acceptors (Lipinski definition) is 4. The summed E-state index contributed by atoms with van der Waals surface area (Å²) in [6, 6.07) is 10.4. The van der Waals surface area contributed by atoms with Gasteiger partial charge in [0.05, 0.1) is 0 Å². The number of rotatable bonds is 7. The van der Waals surface area contributed by atoms with E-state index in [2.05, 4.69) is 51.0 Å². The first-order valence-electron chi connectivity index (χ1n) is 11.7. The molecule has 8 nitrogen and oxygen atoms in total. The number of carbonyl (C=O) groups excluding carboxylic acids is 1. The van der Waals surface area contributed by atoms with E-state index in [1.165, 1.54) is 5.56 Å². The summed E-state index contributed by atoms with van der Waals surface area (Å²) >= 11 is 0. The average Bonchev–Trinajstić information content (AvgIpc) is 3.52. The van der Waals surface area contributed by atoms with Gasteiger partial charge in [0.1, 0.15) is 11.9 Å². The number of nitrogens with zero attached hydrogens (tertiary/aromatic N) is 5. The van der Waals surface area contributed by atoms with Crippen LogP contribution in [0.4, 0.5) is 0 Å². The number of ether oxygens (including phenoxy) is 1. The fraction of sp³-hybridized carbons (Fsp3) is 0.542. The van der Waals surface area contributed by atoms with E-state index in [1.54, 1.807) is 0 Å². The minimum absolute atomic E-state index is 0. The Morgan fingerprint density at radius 2 is 1.94 bits per heavy atom. The van der Waals surface area contributed by atoms with Gasteiger partial charge in [0.15, 0.2) is 5.96 Å². The summed E-state index contributed by atoms with van der Waals surface area (Å²) in [5.74, 6) is 2.10. The van der Waals surface area contributed by atoms with Gasteiger partial charge in [-0.3, -0.25) is 9.79 Å². The van der Waals surface area contributed by atoms with Crippen LogP contribution >= 0.6 is 24.0 Å².